The van der Waals surface area contributed by atoms with E-state index in [2.05, 4.69) is 15.2 Å². The maximum absolute atomic E-state index is 13.7. The third-order valence-electron chi connectivity index (χ3n) is 4.77. The Hall–Kier alpha value is -2.13. The van der Waals surface area contributed by atoms with E-state index in [1.165, 1.54) is 17.4 Å². The number of likely N-dealkylation sites (N-methyl/N-ethyl adjacent to an activating group) is 1. The first kappa shape index (κ1) is 20.6. The lowest BCUT2D eigenvalue weighted by Crippen LogP contribution is -2.44. The van der Waals surface area contributed by atoms with Crippen LogP contribution >= 0.6 is 11.3 Å². The molecular formula is C19H23F3N4OS. The quantitative estimate of drug-likeness (QED) is 0.824. The SMILES string of the molecule is CCc1nc(C)c(C(=O)Nc2ccc(N3CCN(C)CC3)cc2C(F)(F)F)s1. The number of halogens is 3. The molecule has 1 N–H and O–H groups in total. The Morgan fingerprint density at radius 3 is 2.50 bits per heavy atom. The van der Waals surface area contributed by atoms with Crippen LogP contribution < -0.4 is 10.2 Å². The van der Waals surface area contributed by atoms with E-state index in [1.54, 1.807) is 13.0 Å². The molecule has 0 saturated carbocycles. The smallest absolute Gasteiger partial charge is 0.369 e. The van der Waals surface area contributed by atoms with Crippen LogP contribution in [0.2, 0.25) is 0 Å². The van der Waals surface area contributed by atoms with Crippen molar-refractivity contribution in [2.24, 2.45) is 0 Å². The molecule has 0 unspecified atom stereocenters. The summed E-state index contributed by atoms with van der Waals surface area (Å²) in [7, 11) is 1.99. The largest absolute Gasteiger partial charge is 0.418 e. The monoisotopic (exact) mass is 412 g/mol. The van der Waals surface area contributed by atoms with Gasteiger partial charge in [-0.25, -0.2) is 4.98 Å². The normalized spacial score (nSPS) is 15.7. The molecule has 2 aromatic rings. The first-order valence-electron chi connectivity index (χ1n) is 9.11. The van der Waals surface area contributed by atoms with Crippen molar-refractivity contribution in [3.8, 4) is 0 Å². The highest BCUT2D eigenvalue weighted by molar-refractivity contribution is 7.13. The molecule has 1 aliphatic heterocycles. The van der Waals surface area contributed by atoms with Gasteiger partial charge in [-0.3, -0.25) is 4.79 Å². The molecule has 0 bridgehead atoms. The van der Waals surface area contributed by atoms with E-state index in [9.17, 15) is 18.0 Å². The lowest BCUT2D eigenvalue weighted by Gasteiger charge is -2.34. The van der Waals surface area contributed by atoms with E-state index in [4.69, 9.17) is 0 Å². The van der Waals surface area contributed by atoms with E-state index >= 15 is 0 Å². The van der Waals surface area contributed by atoms with Crippen molar-refractivity contribution in [3.05, 3.63) is 39.3 Å². The number of amides is 1. The summed E-state index contributed by atoms with van der Waals surface area (Å²) in [5.74, 6) is -0.562. The summed E-state index contributed by atoms with van der Waals surface area (Å²) >= 11 is 1.21. The van der Waals surface area contributed by atoms with E-state index < -0.39 is 17.6 Å². The average molecular weight is 412 g/mol. The molecule has 5 nitrogen and oxygen atoms in total. The predicted octanol–water partition coefficient (Wildman–Crippen LogP) is 4.04. The first-order chi connectivity index (χ1) is 13.2. The van der Waals surface area contributed by atoms with Gasteiger partial charge >= 0.3 is 6.18 Å². The van der Waals surface area contributed by atoms with Crippen LogP contribution in [-0.4, -0.2) is 49.0 Å². The van der Waals surface area contributed by atoms with Crippen molar-refractivity contribution >= 4 is 28.6 Å². The van der Waals surface area contributed by atoms with Crippen LogP contribution in [0.4, 0.5) is 24.5 Å². The summed E-state index contributed by atoms with van der Waals surface area (Å²) in [6, 6.07) is 4.09. The van der Waals surface area contributed by atoms with E-state index in [0.717, 1.165) is 24.2 Å². The molecule has 2 heterocycles. The fourth-order valence-electron chi connectivity index (χ4n) is 3.13. The number of carbonyl (C=O) groups is 1. The number of aromatic nitrogens is 1. The number of nitrogens with zero attached hydrogens (tertiary/aromatic N) is 3. The van der Waals surface area contributed by atoms with Crippen LogP contribution in [-0.2, 0) is 12.6 Å². The van der Waals surface area contributed by atoms with Gasteiger partial charge in [0.25, 0.3) is 5.91 Å². The molecule has 1 saturated heterocycles. The molecule has 0 atom stereocenters. The van der Waals surface area contributed by atoms with Crippen molar-refractivity contribution in [1.82, 2.24) is 9.88 Å². The molecule has 1 amide bonds. The van der Waals surface area contributed by atoms with E-state index in [-0.39, 0.29) is 5.69 Å². The molecule has 0 radical (unpaired) electrons. The summed E-state index contributed by atoms with van der Waals surface area (Å²) in [5, 5.41) is 3.22. The highest BCUT2D eigenvalue weighted by atomic mass is 32.1. The molecule has 0 aliphatic carbocycles. The van der Waals surface area contributed by atoms with Crippen LogP contribution in [0.15, 0.2) is 18.2 Å². The van der Waals surface area contributed by atoms with Crippen molar-refractivity contribution in [2.75, 3.05) is 43.4 Å². The molecule has 9 heteroatoms. The van der Waals surface area contributed by atoms with E-state index in [1.807, 2.05) is 18.9 Å². The van der Waals surface area contributed by atoms with Crippen LogP contribution in [0.3, 0.4) is 0 Å². The number of aryl methyl sites for hydroxylation is 2. The summed E-state index contributed by atoms with van der Waals surface area (Å²) in [6.45, 7) is 6.53. The van der Waals surface area contributed by atoms with Gasteiger partial charge in [0.1, 0.15) is 4.88 Å². The standard InChI is InChI=1S/C19H23F3N4OS/c1-4-16-23-12(2)17(28-16)18(27)24-15-6-5-13(11-14(15)19(20,21)22)26-9-7-25(3)8-10-26/h5-6,11H,4,7-10H2,1-3H3,(H,24,27). The van der Waals surface area contributed by atoms with Gasteiger partial charge in [-0.15, -0.1) is 11.3 Å². The highest BCUT2D eigenvalue weighted by Crippen LogP contribution is 2.38. The maximum atomic E-state index is 13.7. The zero-order valence-corrected chi connectivity index (χ0v) is 16.9. The Labute approximate surface area is 166 Å². The second-order valence-electron chi connectivity index (χ2n) is 6.85. The van der Waals surface area contributed by atoms with Gasteiger partial charge < -0.3 is 15.1 Å². The van der Waals surface area contributed by atoms with Gasteiger partial charge in [-0.05, 0) is 38.6 Å². The van der Waals surface area contributed by atoms with Gasteiger partial charge in [-0.2, -0.15) is 13.2 Å². The second kappa shape index (κ2) is 8.08. The number of thiazole rings is 1. The third kappa shape index (κ3) is 4.47. The minimum atomic E-state index is -4.57. The highest BCUT2D eigenvalue weighted by Gasteiger charge is 2.35. The van der Waals surface area contributed by atoms with Gasteiger partial charge in [0.05, 0.1) is 22.0 Å². The molecule has 1 aromatic carbocycles. The Morgan fingerprint density at radius 2 is 1.93 bits per heavy atom. The molecule has 3 rings (SSSR count). The fourth-order valence-corrected chi connectivity index (χ4v) is 4.03. The van der Waals surface area contributed by atoms with Crippen molar-refractivity contribution in [2.45, 2.75) is 26.4 Å². The minimum Gasteiger partial charge on any atom is -0.369 e. The summed E-state index contributed by atoms with van der Waals surface area (Å²) < 4.78 is 41.0. The molecule has 1 aliphatic rings. The summed E-state index contributed by atoms with van der Waals surface area (Å²) in [6.07, 6.45) is -3.89. The summed E-state index contributed by atoms with van der Waals surface area (Å²) in [5.41, 5.74) is -0.0287. The van der Waals surface area contributed by atoms with Gasteiger partial charge in [0, 0.05) is 31.9 Å². The number of benzene rings is 1. The number of piperazine rings is 1. The number of rotatable bonds is 4. The number of anilines is 2. The second-order valence-corrected chi connectivity index (χ2v) is 7.93. The molecule has 28 heavy (non-hydrogen) atoms. The Bertz CT molecular complexity index is 857. The van der Waals surface area contributed by atoms with Crippen LogP contribution in [0.25, 0.3) is 0 Å². The summed E-state index contributed by atoms with van der Waals surface area (Å²) in [4.78, 5) is 21.2. The third-order valence-corrected chi connectivity index (χ3v) is 6.08. The Balaban J connectivity index is 1.87. The van der Waals surface area contributed by atoms with Crippen molar-refractivity contribution < 1.29 is 18.0 Å². The maximum Gasteiger partial charge on any atom is 0.418 e. The molecule has 1 fully saturated rings. The number of nitrogens with one attached hydrogen (secondary N) is 1. The van der Waals surface area contributed by atoms with Crippen molar-refractivity contribution in [1.29, 1.82) is 0 Å². The van der Waals surface area contributed by atoms with E-state index in [0.29, 0.717) is 35.8 Å². The van der Waals surface area contributed by atoms with Crippen LogP contribution in [0.5, 0.6) is 0 Å². The Morgan fingerprint density at radius 1 is 1.25 bits per heavy atom. The number of hydrogen-bond donors (Lipinski definition) is 1. The first-order valence-corrected chi connectivity index (χ1v) is 9.93. The zero-order chi connectivity index (χ0) is 20.5. The predicted molar refractivity (Wildman–Crippen MR) is 105 cm³/mol. The van der Waals surface area contributed by atoms with Gasteiger partial charge in [-0.1, -0.05) is 6.92 Å². The molecular weight excluding hydrogens is 389 g/mol. The van der Waals surface area contributed by atoms with Gasteiger partial charge in [0.15, 0.2) is 0 Å². The number of alkyl halides is 3. The number of carbonyl (C=O) groups excluding carboxylic acids is 1. The fraction of sp³-hybridized carbons (Fsp3) is 0.474. The Kier molecular flexibility index (Phi) is 5.95. The minimum absolute atomic E-state index is 0.235. The molecule has 152 valence electrons. The lowest BCUT2D eigenvalue weighted by molar-refractivity contribution is -0.136. The average Bonchev–Trinajstić information content (AvgIpc) is 3.03. The molecule has 0 spiro atoms. The van der Waals surface area contributed by atoms with Gasteiger partial charge in [0.2, 0.25) is 0 Å². The topological polar surface area (TPSA) is 48.5 Å². The molecule has 1 aromatic heterocycles. The van der Waals surface area contributed by atoms with Crippen LogP contribution in [0.1, 0.15) is 32.9 Å². The zero-order valence-electron chi connectivity index (χ0n) is 16.1. The van der Waals surface area contributed by atoms with Crippen LogP contribution in [0, 0.1) is 6.92 Å². The number of hydrogen-bond acceptors (Lipinski definition) is 5. The van der Waals surface area contributed by atoms with Crippen molar-refractivity contribution in [3.63, 3.8) is 0 Å². The lowest BCUT2D eigenvalue weighted by atomic mass is 10.1.